The number of benzene rings is 2. The molecule has 2 aromatic carbocycles. The SMILES string of the molecule is CCc1ccc(CC(=O)CCc2ccc(N)cc2)cc1. The molecule has 0 atom stereocenters. The lowest BCUT2D eigenvalue weighted by Gasteiger charge is -2.04. The zero-order valence-electron chi connectivity index (χ0n) is 11.9. The Labute approximate surface area is 120 Å². The van der Waals surface area contributed by atoms with E-state index in [1.54, 1.807) is 0 Å². The first-order valence-electron chi connectivity index (χ1n) is 7.11. The molecule has 2 N–H and O–H groups in total. The number of anilines is 1. The molecule has 0 amide bonds. The quantitative estimate of drug-likeness (QED) is 0.813. The first-order chi connectivity index (χ1) is 9.67. The molecule has 0 fully saturated rings. The summed E-state index contributed by atoms with van der Waals surface area (Å²) in [7, 11) is 0. The highest BCUT2D eigenvalue weighted by molar-refractivity contribution is 5.81. The minimum absolute atomic E-state index is 0.283. The molecule has 0 aliphatic carbocycles. The predicted octanol–water partition coefficient (Wildman–Crippen LogP) is 3.58. The highest BCUT2D eigenvalue weighted by Crippen LogP contribution is 2.10. The smallest absolute Gasteiger partial charge is 0.137 e. The summed E-state index contributed by atoms with van der Waals surface area (Å²) in [5.74, 6) is 0.283. The van der Waals surface area contributed by atoms with Crippen molar-refractivity contribution in [3.05, 3.63) is 65.2 Å². The van der Waals surface area contributed by atoms with E-state index >= 15 is 0 Å². The lowest BCUT2D eigenvalue weighted by molar-refractivity contribution is -0.118. The largest absolute Gasteiger partial charge is 0.399 e. The van der Waals surface area contributed by atoms with Crippen molar-refractivity contribution >= 4 is 11.5 Å². The van der Waals surface area contributed by atoms with Crippen molar-refractivity contribution in [3.63, 3.8) is 0 Å². The van der Waals surface area contributed by atoms with Gasteiger partial charge < -0.3 is 5.73 Å². The number of carbonyl (C=O) groups is 1. The number of rotatable bonds is 6. The van der Waals surface area contributed by atoms with Gasteiger partial charge in [0.05, 0.1) is 0 Å². The van der Waals surface area contributed by atoms with Crippen LogP contribution in [0, 0.1) is 0 Å². The Balaban J connectivity index is 1.84. The molecule has 20 heavy (non-hydrogen) atoms. The number of hydrogen-bond acceptors (Lipinski definition) is 2. The van der Waals surface area contributed by atoms with Crippen molar-refractivity contribution < 1.29 is 4.79 Å². The lowest BCUT2D eigenvalue weighted by Crippen LogP contribution is -2.04. The van der Waals surface area contributed by atoms with Crippen LogP contribution < -0.4 is 5.73 Å². The van der Waals surface area contributed by atoms with Gasteiger partial charge >= 0.3 is 0 Å². The van der Waals surface area contributed by atoms with Crippen molar-refractivity contribution in [1.82, 2.24) is 0 Å². The Morgan fingerprint density at radius 1 is 0.900 bits per heavy atom. The summed E-state index contributed by atoms with van der Waals surface area (Å²) in [6.45, 7) is 2.13. The number of nitrogens with two attached hydrogens (primary N) is 1. The van der Waals surface area contributed by atoms with Gasteiger partial charge in [-0.1, -0.05) is 43.3 Å². The highest BCUT2D eigenvalue weighted by atomic mass is 16.1. The first-order valence-corrected chi connectivity index (χ1v) is 7.11. The minimum atomic E-state index is 0.283. The predicted molar refractivity (Wildman–Crippen MR) is 83.7 cm³/mol. The van der Waals surface area contributed by atoms with E-state index in [0.717, 1.165) is 29.7 Å². The molecule has 0 saturated carbocycles. The molecular weight excluding hydrogens is 246 g/mol. The van der Waals surface area contributed by atoms with Gasteiger partial charge in [0.25, 0.3) is 0 Å². The molecule has 0 saturated heterocycles. The molecule has 104 valence electrons. The third-order valence-electron chi connectivity index (χ3n) is 3.50. The Kier molecular flexibility index (Phi) is 4.94. The summed E-state index contributed by atoms with van der Waals surface area (Å²) in [5, 5.41) is 0. The molecule has 2 heteroatoms. The van der Waals surface area contributed by atoms with Crippen molar-refractivity contribution in [2.45, 2.75) is 32.6 Å². The van der Waals surface area contributed by atoms with E-state index in [1.807, 2.05) is 24.3 Å². The second-order valence-electron chi connectivity index (χ2n) is 5.13. The summed E-state index contributed by atoms with van der Waals surface area (Å²) >= 11 is 0. The highest BCUT2D eigenvalue weighted by Gasteiger charge is 2.04. The Morgan fingerprint density at radius 2 is 1.45 bits per heavy atom. The van der Waals surface area contributed by atoms with Crippen LogP contribution in [0.2, 0.25) is 0 Å². The molecule has 0 unspecified atom stereocenters. The maximum absolute atomic E-state index is 12.0. The fraction of sp³-hybridized carbons (Fsp3) is 0.278. The topological polar surface area (TPSA) is 43.1 Å². The molecule has 0 aliphatic heterocycles. The van der Waals surface area contributed by atoms with Gasteiger partial charge in [-0.05, 0) is 41.7 Å². The molecule has 0 heterocycles. The first kappa shape index (κ1) is 14.3. The average molecular weight is 267 g/mol. The molecule has 2 rings (SSSR count). The summed E-state index contributed by atoms with van der Waals surface area (Å²) in [6.07, 6.45) is 2.93. The monoisotopic (exact) mass is 267 g/mol. The molecule has 0 aliphatic rings. The minimum Gasteiger partial charge on any atom is -0.399 e. The van der Waals surface area contributed by atoms with E-state index in [2.05, 4.69) is 31.2 Å². The van der Waals surface area contributed by atoms with Crippen molar-refractivity contribution in [1.29, 1.82) is 0 Å². The van der Waals surface area contributed by atoms with Crippen LogP contribution >= 0.6 is 0 Å². The van der Waals surface area contributed by atoms with E-state index in [9.17, 15) is 4.79 Å². The Morgan fingerprint density at radius 3 is 2.05 bits per heavy atom. The maximum atomic E-state index is 12.0. The second-order valence-corrected chi connectivity index (χ2v) is 5.13. The van der Waals surface area contributed by atoms with Crippen LogP contribution in [-0.2, 0) is 24.1 Å². The van der Waals surface area contributed by atoms with Gasteiger partial charge in [0, 0.05) is 18.5 Å². The standard InChI is InChI=1S/C18H21NO/c1-2-14-3-5-16(6-4-14)13-18(20)12-9-15-7-10-17(19)11-8-15/h3-8,10-11H,2,9,12-13,19H2,1H3. The number of hydrogen-bond donors (Lipinski definition) is 1. The van der Waals surface area contributed by atoms with Gasteiger partial charge in [0.15, 0.2) is 0 Å². The number of nitrogen functional groups attached to an aromatic ring is 1. The van der Waals surface area contributed by atoms with Crippen molar-refractivity contribution in [2.75, 3.05) is 5.73 Å². The average Bonchev–Trinajstić information content (AvgIpc) is 2.47. The number of Topliss-reactive ketones (excluding diaryl/α,β-unsaturated/α-hetero) is 1. The fourth-order valence-corrected chi connectivity index (χ4v) is 2.18. The van der Waals surface area contributed by atoms with Crippen LogP contribution in [0.15, 0.2) is 48.5 Å². The van der Waals surface area contributed by atoms with E-state index in [-0.39, 0.29) is 5.78 Å². The van der Waals surface area contributed by atoms with Crippen LogP contribution in [0.5, 0.6) is 0 Å². The van der Waals surface area contributed by atoms with Crippen LogP contribution in [-0.4, -0.2) is 5.78 Å². The van der Waals surface area contributed by atoms with Gasteiger partial charge in [0.1, 0.15) is 5.78 Å². The third kappa shape index (κ3) is 4.23. The van der Waals surface area contributed by atoms with E-state index in [4.69, 9.17) is 5.73 Å². The molecule has 0 bridgehead atoms. The van der Waals surface area contributed by atoms with Crippen LogP contribution in [0.3, 0.4) is 0 Å². The zero-order chi connectivity index (χ0) is 14.4. The normalized spacial score (nSPS) is 10.4. The van der Waals surface area contributed by atoms with Gasteiger partial charge in [0.2, 0.25) is 0 Å². The molecule has 2 nitrogen and oxygen atoms in total. The summed E-state index contributed by atoms with van der Waals surface area (Å²) < 4.78 is 0. The van der Waals surface area contributed by atoms with Crippen LogP contribution in [0.25, 0.3) is 0 Å². The Hall–Kier alpha value is -2.09. The molecule has 0 radical (unpaired) electrons. The summed E-state index contributed by atoms with van der Waals surface area (Å²) in [6, 6.07) is 16.0. The molecule has 0 aromatic heterocycles. The molecular formula is C18H21NO. The number of ketones is 1. The van der Waals surface area contributed by atoms with E-state index < -0.39 is 0 Å². The fourth-order valence-electron chi connectivity index (χ4n) is 2.18. The van der Waals surface area contributed by atoms with Crippen molar-refractivity contribution in [3.8, 4) is 0 Å². The third-order valence-corrected chi connectivity index (χ3v) is 3.50. The van der Waals surface area contributed by atoms with Crippen LogP contribution in [0.4, 0.5) is 5.69 Å². The lowest BCUT2D eigenvalue weighted by atomic mass is 10.0. The maximum Gasteiger partial charge on any atom is 0.137 e. The molecule has 2 aromatic rings. The summed E-state index contributed by atoms with van der Waals surface area (Å²) in [5.41, 5.74) is 9.97. The van der Waals surface area contributed by atoms with Gasteiger partial charge in [-0.2, -0.15) is 0 Å². The molecule has 0 spiro atoms. The van der Waals surface area contributed by atoms with Crippen molar-refractivity contribution in [2.24, 2.45) is 0 Å². The number of carbonyl (C=O) groups excluding carboxylic acids is 1. The zero-order valence-corrected chi connectivity index (χ0v) is 11.9. The second kappa shape index (κ2) is 6.90. The van der Waals surface area contributed by atoms with Gasteiger partial charge in [-0.25, -0.2) is 0 Å². The van der Waals surface area contributed by atoms with Gasteiger partial charge in [-0.3, -0.25) is 4.79 Å². The van der Waals surface area contributed by atoms with Gasteiger partial charge in [-0.15, -0.1) is 0 Å². The Bertz CT molecular complexity index is 555. The van der Waals surface area contributed by atoms with E-state index in [0.29, 0.717) is 12.8 Å². The van der Waals surface area contributed by atoms with Crippen LogP contribution in [0.1, 0.15) is 30.0 Å². The van der Waals surface area contributed by atoms with E-state index in [1.165, 1.54) is 5.56 Å². The number of aryl methyl sites for hydroxylation is 2. The summed E-state index contributed by atoms with van der Waals surface area (Å²) in [4.78, 5) is 12.0.